The van der Waals surface area contributed by atoms with Gasteiger partial charge in [0, 0.05) is 53.9 Å². The number of furan rings is 1. The number of para-hydroxylation sites is 1. The van der Waals surface area contributed by atoms with E-state index >= 15 is 0 Å². The van der Waals surface area contributed by atoms with Crippen molar-refractivity contribution in [3.05, 3.63) is 133 Å². The lowest BCUT2D eigenvalue weighted by molar-refractivity contribution is 0.669. The molecule has 2 heterocycles. The summed E-state index contributed by atoms with van der Waals surface area (Å²) < 4.78 is 8.77. The molecule has 0 radical (unpaired) electrons. The zero-order valence-corrected chi connectivity index (χ0v) is 21.8. The van der Waals surface area contributed by atoms with Crippen LogP contribution < -0.4 is 5.32 Å². The van der Waals surface area contributed by atoms with Crippen LogP contribution in [-0.4, -0.2) is 0 Å². The normalized spacial score (nSPS) is 11.6. The van der Waals surface area contributed by atoms with E-state index in [1.807, 2.05) is 23.5 Å². The van der Waals surface area contributed by atoms with Gasteiger partial charge in [-0.2, -0.15) is 0 Å². The third kappa shape index (κ3) is 3.70. The van der Waals surface area contributed by atoms with Crippen LogP contribution in [0.5, 0.6) is 0 Å². The molecule has 0 fully saturated rings. The van der Waals surface area contributed by atoms with Gasteiger partial charge in [-0.15, -0.1) is 11.3 Å². The molecule has 0 aliphatic carbocycles. The smallest absolute Gasteiger partial charge is 0.137 e. The Hall–Kier alpha value is -4.86. The van der Waals surface area contributed by atoms with Gasteiger partial charge in [-0.25, -0.2) is 0 Å². The zero-order valence-electron chi connectivity index (χ0n) is 21.0. The first-order valence-corrected chi connectivity index (χ1v) is 13.9. The molecule has 8 rings (SSSR count). The molecule has 0 aliphatic rings. The lowest BCUT2D eigenvalue weighted by Crippen LogP contribution is -1.93. The van der Waals surface area contributed by atoms with Crippen molar-refractivity contribution in [3.8, 4) is 22.3 Å². The molecule has 2 aromatic heterocycles. The predicted octanol–water partition coefficient (Wildman–Crippen LogP) is 11.0. The van der Waals surface area contributed by atoms with Gasteiger partial charge < -0.3 is 9.73 Å². The molecule has 184 valence electrons. The minimum Gasteiger partial charge on any atom is -0.456 e. The molecule has 6 aromatic carbocycles. The minimum absolute atomic E-state index is 0.886. The van der Waals surface area contributed by atoms with E-state index in [-0.39, 0.29) is 0 Å². The highest BCUT2D eigenvalue weighted by molar-refractivity contribution is 7.26. The summed E-state index contributed by atoms with van der Waals surface area (Å²) in [6, 6.07) is 47.2. The van der Waals surface area contributed by atoms with Crippen molar-refractivity contribution in [1.82, 2.24) is 0 Å². The molecule has 0 unspecified atom stereocenters. The quantitative estimate of drug-likeness (QED) is 0.251. The van der Waals surface area contributed by atoms with Crippen LogP contribution in [-0.2, 0) is 0 Å². The Morgan fingerprint density at radius 2 is 1.18 bits per heavy atom. The van der Waals surface area contributed by atoms with Gasteiger partial charge in [0.05, 0.1) is 0 Å². The van der Waals surface area contributed by atoms with Crippen molar-refractivity contribution < 1.29 is 4.42 Å². The summed E-state index contributed by atoms with van der Waals surface area (Å²) in [4.78, 5) is 0. The van der Waals surface area contributed by atoms with Gasteiger partial charge in [0.1, 0.15) is 11.2 Å². The van der Waals surface area contributed by atoms with Crippen LogP contribution in [0, 0.1) is 0 Å². The average Bonchev–Trinajstić information content (AvgIpc) is 3.55. The standard InChI is InChI=1S/C36H23NOS/c1-2-9-23(10-3-1)26-19-17-24(37-25-18-20-28-27-11-4-6-15-33(27)38-34(28)22-25)21-32(26)31-14-8-13-30-29-12-5-7-16-35(29)39-36(30)31/h1-22,37H. The molecule has 0 atom stereocenters. The maximum absolute atomic E-state index is 6.14. The monoisotopic (exact) mass is 517 g/mol. The van der Waals surface area contributed by atoms with Gasteiger partial charge in [0.15, 0.2) is 0 Å². The van der Waals surface area contributed by atoms with Crippen LogP contribution in [0.4, 0.5) is 11.4 Å². The Morgan fingerprint density at radius 3 is 2.10 bits per heavy atom. The van der Waals surface area contributed by atoms with Crippen molar-refractivity contribution >= 4 is 64.8 Å². The van der Waals surface area contributed by atoms with Crippen molar-refractivity contribution in [2.24, 2.45) is 0 Å². The van der Waals surface area contributed by atoms with E-state index in [1.54, 1.807) is 0 Å². The maximum atomic E-state index is 6.14. The van der Waals surface area contributed by atoms with Gasteiger partial charge in [0.25, 0.3) is 0 Å². The number of anilines is 2. The van der Waals surface area contributed by atoms with Gasteiger partial charge in [0.2, 0.25) is 0 Å². The average molecular weight is 518 g/mol. The van der Waals surface area contributed by atoms with Crippen LogP contribution in [0.1, 0.15) is 0 Å². The molecular weight excluding hydrogens is 494 g/mol. The Kier molecular flexibility index (Phi) is 5.04. The van der Waals surface area contributed by atoms with Crippen LogP contribution in [0.3, 0.4) is 0 Å². The fourth-order valence-corrected chi connectivity index (χ4v) is 6.87. The number of thiophene rings is 1. The molecule has 0 amide bonds. The molecule has 0 aliphatic heterocycles. The van der Waals surface area contributed by atoms with Crippen LogP contribution >= 0.6 is 11.3 Å². The Morgan fingerprint density at radius 1 is 0.462 bits per heavy atom. The van der Waals surface area contributed by atoms with E-state index in [0.29, 0.717) is 0 Å². The lowest BCUT2D eigenvalue weighted by atomic mass is 9.93. The van der Waals surface area contributed by atoms with Gasteiger partial charge in [-0.3, -0.25) is 0 Å². The zero-order chi connectivity index (χ0) is 25.8. The first-order chi connectivity index (χ1) is 19.3. The topological polar surface area (TPSA) is 25.2 Å². The molecule has 8 aromatic rings. The second kappa shape index (κ2) is 8.87. The van der Waals surface area contributed by atoms with Gasteiger partial charge >= 0.3 is 0 Å². The fourth-order valence-electron chi connectivity index (χ4n) is 5.64. The molecule has 0 saturated heterocycles. The van der Waals surface area contributed by atoms with E-state index in [1.165, 1.54) is 42.4 Å². The number of fused-ring (bicyclic) bond motifs is 6. The number of rotatable bonds is 4. The third-order valence-electron chi connectivity index (χ3n) is 7.47. The highest BCUT2D eigenvalue weighted by Crippen LogP contribution is 2.43. The number of nitrogens with one attached hydrogen (secondary N) is 1. The molecule has 3 heteroatoms. The molecule has 0 spiro atoms. The summed E-state index contributed by atoms with van der Waals surface area (Å²) in [5.41, 5.74) is 8.74. The van der Waals surface area contributed by atoms with Crippen molar-refractivity contribution in [2.75, 3.05) is 5.32 Å². The molecule has 2 nitrogen and oxygen atoms in total. The first kappa shape index (κ1) is 22.2. The van der Waals surface area contributed by atoms with Crippen molar-refractivity contribution in [3.63, 3.8) is 0 Å². The molecular formula is C36H23NOS. The molecule has 1 N–H and O–H groups in total. The van der Waals surface area contributed by atoms with E-state index in [0.717, 1.165) is 33.3 Å². The van der Waals surface area contributed by atoms with E-state index < -0.39 is 0 Å². The summed E-state index contributed by atoms with van der Waals surface area (Å²) in [6.07, 6.45) is 0. The van der Waals surface area contributed by atoms with E-state index in [9.17, 15) is 0 Å². The van der Waals surface area contributed by atoms with Gasteiger partial charge in [-0.1, -0.05) is 91.0 Å². The summed E-state index contributed by atoms with van der Waals surface area (Å²) in [5, 5.41) is 8.54. The number of benzene rings is 6. The fraction of sp³-hybridized carbons (Fsp3) is 0. The van der Waals surface area contributed by atoms with Crippen LogP contribution in [0.2, 0.25) is 0 Å². The van der Waals surface area contributed by atoms with Crippen molar-refractivity contribution in [1.29, 1.82) is 0 Å². The number of hydrogen-bond donors (Lipinski definition) is 1. The summed E-state index contributed by atoms with van der Waals surface area (Å²) >= 11 is 1.87. The summed E-state index contributed by atoms with van der Waals surface area (Å²) in [6.45, 7) is 0. The Balaban J connectivity index is 1.28. The Labute approximate surface area is 229 Å². The third-order valence-corrected chi connectivity index (χ3v) is 8.69. The highest BCUT2D eigenvalue weighted by Gasteiger charge is 2.15. The van der Waals surface area contributed by atoms with Crippen LogP contribution in [0.15, 0.2) is 138 Å². The second-order valence-corrected chi connectivity index (χ2v) is 10.9. The summed E-state index contributed by atoms with van der Waals surface area (Å²) in [5.74, 6) is 0. The SMILES string of the molecule is c1ccc(-c2ccc(Nc3ccc4c(c3)oc3ccccc34)cc2-c2cccc3c2sc2ccccc23)cc1. The summed E-state index contributed by atoms with van der Waals surface area (Å²) in [7, 11) is 0. The largest absolute Gasteiger partial charge is 0.456 e. The lowest BCUT2D eigenvalue weighted by Gasteiger charge is -2.15. The van der Waals surface area contributed by atoms with Crippen molar-refractivity contribution in [2.45, 2.75) is 0 Å². The second-order valence-electron chi connectivity index (χ2n) is 9.84. The molecule has 0 saturated carbocycles. The van der Waals surface area contributed by atoms with E-state index in [4.69, 9.17) is 4.42 Å². The predicted molar refractivity (Wildman–Crippen MR) is 167 cm³/mol. The maximum Gasteiger partial charge on any atom is 0.137 e. The van der Waals surface area contributed by atoms with E-state index in [2.05, 4.69) is 127 Å². The van der Waals surface area contributed by atoms with Gasteiger partial charge in [-0.05, 0) is 53.1 Å². The first-order valence-electron chi connectivity index (χ1n) is 13.1. The highest BCUT2D eigenvalue weighted by atomic mass is 32.1. The molecule has 39 heavy (non-hydrogen) atoms. The minimum atomic E-state index is 0.886. The number of hydrogen-bond acceptors (Lipinski definition) is 3. The van der Waals surface area contributed by atoms with Crippen LogP contribution in [0.25, 0.3) is 64.4 Å². The molecule has 0 bridgehead atoms. The Bertz CT molecular complexity index is 2150.